The highest BCUT2D eigenvalue weighted by Gasteiger charge is 2.50. The van der Waals surface area contributed by atoms with Gasteiger partial charge < -0.3 is 10.3 Å². The summed E-state index contributed by atoms with van der Waals surface area (Å²) in [6.07, 6.45) is 8.41. The molecule has 2 atom stereocenters. The highest BCUT2D eigenvalue weighted by Crippen LogP contribution is 2.56. The average molecular weight is 364 g/mol. The lowest BCUT2D eigenvalue weighted by atomic mass is 9.66. The van der Waals surface area contributed by atoms with Gasteiger partial charge in [-0.05, 0) is 56.9 Å². The maximum Gasteiger partial charge on any atom is 0.265 e. The highest BCUT2D eigenvalue weighted by molar-refractivity contribution is 6.15. The van der Waals surface area contributed by atoms with Crippen LogP contribution in [-0.2, 0) is 11.2 Å². The number of carbonyl (C=O) groups excluding carboxylic acids is 1. The normalized spacial score (nSPS) is 25.9. The molecule has 0 radical (unpaired) electrons. The predicted octanol–water partition coefficient (Wildman–Crippen LogP) is 4.26. The number of benzene rings is 1. The van der Waals surface area contributed by atoms with Crippen molar-refractivity contribution in [1.82, 2.24) is 9.47 Å². The predicted molar refractivity (Wildman–Crippen MR) is 111 cm³/mol. The van der Waals surface area contributed by atoms with Gasteiger partial charge in [0.25, 0.3) is 5.91 Å². The Hall–Kier alpha value is -2.33. The minimum Gasteiger partial charge on any atom is -0.364 e. The molecule has 4 heteroatoms. The fourth-order valence-electron chi connectivity index (χ4n) is 5.46. The smallest absolute Gasteiger partial charge is 0.265 e. The van der Waals surface area contributed by atoms with Gasteiger partial charge in [-0.3, -0.25) is 9.69 Å². The van der Waals surface area contributed by atoms with Crippen molar-refractivity contribution < 1.29 is 4.79 Å². The summed E-state index contributed by atoms with van der Waals surface area (Å²) in [4.78, 5) is 15.0. The summed E-state index contributed by atoms with van der Waals surface area (Å²) in [6, 6.07) is 8.85. The number of amides is 1. The van der Waals surface area contributed by atoms with Crippen molar-refractivity contribution >= 4 is 22.5 Å². The largest absolute Gasteiger partial charge is 0.364 e. The first kappa shape index (κ1) is 18.1. The first-order valence-corrected chi connectivity index (χ1v) is 10.0. The third-order valence-electron chi connectivity index (χ3n) is 6.50. The minimum atomic E-state index is -0.312. The zero-order valence-electron chi connectivity index (χ0n) is 16.4. The van der Waals surface area contributed by atoms with Gasteiger partial charge in [-0.15, -0.1) is 6.58 Å². The minimum absolute atomic E-state index is 0.0438. The van der Waals surface area contributed by atoms with Crippen molar-refractivity contribution in [2.24, 2.45) is 11.1 Å². The molecule has 142 valence electrons. The van der Waals surface area contributed by atoms with E-state index in [4.69, 9.17) is 5.73 Å². The van der Waals surface area contributed by atoms with Gasteiger partial charge >= 0.3 is 0 Å². The van der Waals surface area contributed by atoms with Crippen molar-refractivity contribution in [2.75, 3.05) is 13.1 Å². The second-order valence-electron chi connectivity index (χ2n) is 7.90. The van der Waals surface area contributed by atoms with Crippen LogP contribution < -0.4 is 5.73 Å². The number of carbonyl (C=O) groups is 1. The summed E-state index contributed by atoms with van der Waals surface area (Å²) in [7, 11) is 0. The van der Waals surface area contributed by atoms with Gasteiger partial charge in [-0.25, -0.2) is 0 Å². The molecule has 0 aliphatic carbocycles. The molecule has 0 saturated carbocycles. The van der Waals surface area contributed by atoms with E-state index in [1.165, 1.54) is 23.1 Å². The molecule has 0 spiro atoms. The Morgan fingerprint density at radius 1 is 1.37 bits per heavy atom. The maximum absolute atomic E-state index is 12.3. The van der Waals surface area contributed by atoms with Gasteiger partial charge in [0.1, 0.15) is 5.70 Å². The molecule has 4 heterocycles. The second-order valence-corrected chi connectivity index (χ2v) is 7.90. The highest BCUT2D eigenvalue weighted by atomic mass is 16.1. The molecule has 1 aromatic carbocycles. The van der Waals surface area contributed by atoms with Crippen molar-refractivity contribution in [2.45, 2.75) is 45.6 Å². The Morgan fingerprint density at radius 2 is 2.11 bits per heavy atom. The molecule has 1 saturated heterocycles. The Bertz CT molecular complexity index is 938. The third-order valence-corrected chi connectivity index (χ3v) is 6.50. The molecule has 2 N–H and O–H groups in total. The lowest BCUT2D eigenvalue weighted by Crippen LogP contribution is -2.51. The average Bonchev–Trinajstić information content (AvgIpc) is 3.02. The Labute approximate surface area is 161 Å². The van der Waals surface area contributed by atoms with Gasteiger partial charge in [0.15, 0.2) is 0 Å². The van der Waals surface area contributed by atoms with Crippen molar-refractivity contribution in [1.29, 1.82) is 0 Å². The van der Waals surface area contributed by atoms with Crippen LogP contribution >= 0.6 is 0 Å². The molecule has 1 fully saturated rings. The fraction of sp³-hybridized carbons (Fsp3) is 0.435. The summed E-state index contributed by atoms with van der Waals surface area (Å²) < 4.78 is 2.17. The second kappa shape index (κ2) is 6.68. The number of nitrogens with two attached hydrogens (primary N) is 1. The number of nitrogens with zero attached hydrogens (tertiary/aromatic N) is 2. The number of piperidine rings is 1. The number of fused-ring (bicyclic) bond motifs is 3. The molecule has 4 nitrogen and oxygen atoms in total. The SMILES string of the molecule is C=CC.CC[C@@]12C=C(C(N)=O)n3c4c(c5ccccc53)CCN(CCC1)[C@H]42. The van der Waals surface area contributed by atoms with E-state index in [-0.39, 0.29) is 11.3 Å². The quantitative estimate of drug-likeness (QED) is 0.811. The van der Waals surface area contributed by atoms with Crippen LogP contribution in [0.2, 0.25) is 0 Å². The molecule has 5 rings (SSSR count). The zero-order valence-corrected chi connectivity index (χ0v) is 16.4. The van der Waals surface area contributed by atoms with E-state index >= 15 is 0 Å². The first-order chi connectivity index (χ1) is 13.1. The molecule has 3 aliphatic heterocycles. The van der Waals surface area contributed by atoms with Gasteiger partial charge in [0, 0.05) is 23.0 Å². The van der Waals surface area contributed by atoms with E-state index in [2.05, 4.69) is 53.3 Å². The lowest BCUT2D eigenvalue weighted by Gasteiger charge is -2.53. The summed E-state index contributed by atoms with van der Waals surface area (Å²) in [5, 5.41) is 1.29. The number of hydrogen-bond donors (Lipinski definition) is 1. The molecule has 0 unspecified atom stereocenters. The van der Waals surface area contributed by atoms with Crippen LogP contribution in [0.1, 0.15) is 50.4 Å². The van der Waals surface area contributed by atoms with Crippen molar-refractivity contribution in [3.63, 3.8) is 0 Å². The topological polar surface area (TPSA) is 51.3 Å². The fourth-order valence-corrected chi connectivity index (χ4v) is 5.46. The molecular formula is C23H29N3O. The van der Waals surface area contributed by atoms with Gasteiger partial charge in [0.2, 0.25) is 0 Å². The summed E-state index contributed by atoms with van der Waals surface area (Å²) >= 11 is 0. The first-order valence-electron chi connectivity index (χ1n) is 10.0. The number of rotatable bonds is 2. The molecule has 2 aromatic rings. The van der Waals surface area contributed by atoms with Crippen LogP contribution in [0.15, 0.2) is 43.0 Å². The van der Waals surface area contributed by atoms with E-state index in [9.17, 15) is 4.79 Å². The van der Waals surface area contributed by atoms with E-state index in [1.807, 2.05) is 6.92 Å². The van der Waals surface area contributed by atoms with E-state index in [1.54, 1.807) is 6.08 Å². The monoisotopic (exact) mass is 363 g/mol. The van der Waals surface area contributed by atoms with E-state index in [0.29, 0.717) is 11.7 Å². The van der Waals surface area contributed by atoms with Crippen LogP contribution in [0.5, 0.6) is 0 Å². The van der Waals surface area contributed by atoms with E-state index < -0.39 is 0 Å². The summed E-state index contributed by atoms with van der Waals surface area (Å²) in [5.41, 5.74) is 10.4. The third kappa shape index (κ3) is 2.50. The number of allylic oxidation sites excluding steroid dienone is 1. The number of hydrogen-bond acceptors (Lipinski definition) is 2. The molecule has 1 aromatic heterocycles. The van der Waals surface area contributed by atoms with Gasteiger partial charge in [-0.1, -0.05) is 31.2 Å². The summed E-state index contributed by atoms with van der Waals surface area (Å²) in [6.45, 7) is 9.78. The van der Waals surface area contributed by atoms with E-state index in [0.717, 1.165) is 37.9 Å². The van der Waals surface area contributed by atoms with Crippen LogP contribution in [0.25, 0.3) is 16.6 Å². The molecule has 1 amide bonds. The molecule has 3 aliphatic rings. The van der Waals surface area contributed by atoms with Crippen LogP contribution in [0.4, 0.5) is 0 Å². The van der Waals surface area contributed by atoms with Gasteiger partial charge in [-0.2, -0.15) is 0 Å². The van der Waals surface area contributed by atoms with Crippen molar-refractivity contribution in [3.05, 3.63) is 54.3 Å². The Morgan fingerprint density at radius 3 is 2.81 bits per heavy atom. The number of para-hydroxylation sites is 1. The Kier molecular flexibility index (Phi) is 4.47. The van der Waals surface area contributed by atoms with Crippen molar-refractivity contribution in [3.8, 4) is 0 Å². The van der Waals surface area contributed by atoms with Crippen LogP contribution in [-0.4, -0.2) is 28.5 Å². The number of primary amides is 1. The molecule has 27 heavy (non-hydrogen) atoms. The molecular weight excluding hydrogens is 334 g/mol. The number of aromatic nitrogens is 1. The van der Waals surface area contributed by atoms with Crippen LogP contribution in [0, 0.1) is 5.41 Å². The van der Waals surface area contributed by atoms with Crippen LogP contribution in [0.3, 0.4) is 0 Å². The standard InChI is InChI=1S/C20H23N3O.C3H6/c1-2-20-9-5-10-22-11-8-14-13-6-3-4-7-15(13)23(17(14)18(20)22)16(12-20)19(21)24;1-3-2/h3-4,6-7,12,18H,2,5,8-11H2,1H3,(H2,21,24);3H,1H2,2H3/t18-,20+;/m1./s1. The lowest BCUT2D eigenvalue weighted by molar-refractivity contribution is -0.113. The molecule has 0 bridgehead atoms. The zero-order chi connectivity index (χ0) is 19.2. The van der Waals surface area contributed by atoms with Gasteiger partial charge in [0.05, 0.1) is 11.6 Å². The maximum atomic E-state index is 12.3. The Balaban J connectivity index is 0.000000565. The summed E-state index contributed by atoms with van der Waals surface area (Å²) in [5.74, 6) is -0.312.